The van der Waals surface area contributed by atoms with Crippen molar-refractivity contribution in [1.82, 2.24) is 24.9 Å². The lowest BCUT2D eigenvalue weighted by molar-refractivity contribution is 0.199. The van der Waals surface area contributed by atoms with Gasteiger partial charge in [-0.05, 0) is 31.4 Å². The number of aryl methyl sites for hydroxylation is 1. The zero-order valence-electron chi connectivity index (χ0n) is 19.6. The maximum Gasteiger partial charge on any atom is 0.212 e. The van der Waals surface area contributed by atoms with E-state index in [9.17, 15) is 0 Å². The zero-order valence-corrected chi connectivity index (χ0v) is 20.4. The summed E-state index contributed by atoms with van der Waals surface area (Å²) in [4.78, 5) is 12.3. The van der Waals surface area contributed by atoms with Crippen molar-refractivity contribution >= 4 is 18.2 Å². The van der Waals surface area contributed by atoms with Crippen molar-refractivity contribution in [3.8, 4) is 17.1 Å². The van der Waals surface area contributed by atoms with E-state index in [1.165, 1.54) is 11.4 Å². The number of imidazole rings is 1. The summed E-state index contributed by atoms with van der Waals surface area (Å²) >= 11 is 1.71. The molecule has 8 nitrogen and oxygen atoms in total. The Hall–Kier alpha value is -3.85. The summed E-state index contributed by atoms with van der Waals surface area (Å²) in [7, 11) is 3.64. The Bertz CT molecular complexity index is 1120. The Morgan fingerprint density at radius 3 is 2.21 bits per heavy atom. The summed E-state index contributed by atoms with van der Waals surface area (Å²) in [5.74, 6) is 1.68. The minimum atomic E-state index is -0.186. The molecule has 1 atom stereocenters. The first-order valence-electron chi connectivity index (χ1n) is 10.5. The molecule has 1 aliphatic heterocycles. The SMILES string of the molecule is COc1ccccn1.CSc1c(-c2ccc(C3NN=CO3)cc2)nc(C)n1C.c1ccncc1. The molecule has 9 heteroatoms. The number of hydrogen-bond donors (Lipinski definition) is 1. The Labute approximate surface area is 204 Å². The summed E-state index contributed by atoms with van der Waals surface area (Å²) < 4.78 is 12.2. The predicted octanol–water partition coefficient (Wildman–Crippen LogP) is 4.85. The molecular formula is C25H28N6O2S. The summed E-state index contributed by atoms with van der Waals surface area (Å²) in [6.45, 7) is 2.02. The molecule has 0 fully saturated rings. The van der Waals surface area contributed by atoms with E-state index in [0.717, 1.165) is 22.6 Å². The molecule has 1 unspecified atom stereocenters. The standard InChI is InChI=1S/C14H16N4OS.C6H7NO.C5H5N/c1-9-16-12(14(20-3)18(9)2)10-4-6-11(7-5-10)13-17-15-8-19-13;1-8-6-4-2-3-5-7-6;1-2-4-6-5-3-1/h4-8,13,17H,1-3H3;2-5H,1H3;1-5H. The fourth-order valence-electron chi connectivity index (χ4n) is 2.98. The smallest absolute Gasteiger partial charge is 0.212 e. The van der Waals surface area contributed by atoms with Crippen molar-refractivity contribution in [2.75, 3.05) is 13.4 Å². The van der Waals surface area contributed by atoms with Crippen molar-refractivity contribution in [2.45, 2.75) is 18.2 Å². The maximum absolute atomic E-state index is 5.33. The minimum Gasteiger partial charge on any atom is -0.481 e. The van der Waals surface area contributed by atoms with Gasteiger partial charge in [-0.2, -0.15) is 0 Å². The monoisotopic (exact) mass is 476 g/mol. The van der Waals surface area contributed by atoms with E-state index in [0.29, 0.717) is 5.88 Å². The van der Waals surface area contributed by atoms with Gasteiger partial charge in [-0.1, -0.05) is 36.4 Å². The number of hydrazone groups is 1. The fraction of sp³-hybridized carbons (Fsp3) is 0.200. The van der Waals surface area contributed by atoms with E-state index in [2.05, 4.69) is 48.4 Å². The van der Waals surface area contributed by atoms with Crippen LogP contribution in [0.25, 0.3) is 11.3 Å². The molecule has 0 radical (unpaired) electrons. The third kappa shape index (κ3) is 6.82. The quantitative estimate of drug-likeness (QED) is 0.421. The molecular weight excluding hydrogens is 448 g/mol. The van der Waals surface area contributed by atoms with Crippen molar-refractivity contribution in [3.05, 3.63) is 90.6 Å². The zero-order chi connectivity index (χ0) is 24.2. The van der Waals surface area contributed by atoms with Gasteiger partial charge in [0.1, 0.15) is 16.5 Å². The normalized spacial score (nSPS) is 13.5. The van der Waals surface area contributed by atoms with Crippen LogP contribution in [0.4, 0.5) is 0 Å². The molecule has 34 heavy (non-hydrogen) atoms. The summed E-state index contributed by atoms with van der Waals surface area (Å²) in [5, 5.41) is 5.02. The van der Waals surface area contributed by atoms with Crippen LogP contribution in [0.5, 0.6) is 5.88 Å². The van der Waals surface area contributed by atoms with Crippen LogP contribution in [-0.4, -0.2) is 39.3 Å². The number of thioether (sulfide) groups is 1. The topological polar surface area (TPSA) is 86.5 Å². The molecule has 5 rings (SSSR count). The maximum atomic E-state index is 5.33. The van der Waals surface area contributed by atoms with E-state index < -0.39 is 0 Å². The molecule has 1 aromatic carbocycles. The van der Waals surface area contributed by atoms with Gasteiger partial charge >= 0.3 is 0 Å². The van der Waals surface area contributed by atoms with E-state index in [1.807, 2.05) is 56.4 Å². The van der Waals surface area contributed by atoms with Crippen LogP contribution < -0.4 is 10.2 Å². The Morgan fingerprint density at radius 2 is 1.74 bits per heavy atom. The van der Waals surface area contributed by atoms with Crippen LogP contribution in [0.2, 0.25) is 0 Å². The lowest BCUT2D eigenvalue weighted by Gasteiger charge is -2.10. The molecule has 1 N–H and O–H groups in total. The van der Waals surface area contributed by atoms with Crippen molar-refractivity contribution in [3.63, 3.8) is 0 Å². The average Bonchev–Trinajstić information content (AvgIpc) is 3.55. The first kappa shape index (κ1) is 24.8. The van der Waals surface area contributed by atoms with Crippen LogP contribution in [0.1, 0.15) is 17.6 Å². The minimum absolute atomic E-state index is 0.186. The highest BCUT2D eigenvalue weighted by Crippen LogP contribution is 2.31. The van der Waals surface area contributed by atoms with Gasteiger partial charge in [0.25, 0.3) is 0 Å². The third-order valence-corrected chi connectivity index (χ3v) is 5.66. The van der Waals surface area contributed by atoms with Gasteiger partial charge in [0.05, 0.1) is 7.11 Å². The van der Waals surface area contributed by atoms with Gasteiger partial charge in [-0.3, -0.25) is 10.4 Å². The number of benzene rings is 1. The second kappa shape index (κ2) is 13.0. The highest BCUT2D eigenvalue weighted by molar-refractivity contribution is 7.98. The van der Waals surface area contributed by atoms with Gasteiger partial charge < -0.3 is 14.0 Å². The number of nitrogens with one attached hydrogen (secondary N) is 1. The third-order valence-electron chi connectivity index (χ3n) is 4.80. The first-order chi connectivity index (χ1) is 16.6. The molecule has 0 bridgehead atoms. The van der Waals surface area contributed by atoms with Gasteiger partial charge in [-0.15, -0.1) is 16.9 Å². The lowest BCUT2D eigenvalue weighted by atomic mass is 10.1. The second-order valence-electron chi connectivity index (χ2n) is 6.97. The molecule has 0 aliphatic carbocycles. The number of rotatable bonds is 4. The van der Waals surface area contributed by atoms with Crippen LogP contribution in [0, 0.1) is 6.92 Å². The molecule has 0 saturated heterocycles. The van der Waals surface area contributed by atoms with E-state index >= 15 is 0 Å². The predicted molar refractivity (Wildman–Crippen MR) is 136 cm³/mol. The van der Waals surface area contributed by atoms with Crippen molar-refractivity contribution in [1.29, 1.82) is 0 Å². The van der Waals surface area contributed by atoms with Gasteiger partial charge in [-0.25, -0.2) is 9.97 Å². The van der Waals surface area contributed by atoms with Crippen LogP contribution >= 0.6 is 11.8 Å². The van der Waals surface area contributed by atoms with Crippen molar-refractivity contribution < 1.29 is 9.47 Å². The van der Waals surface area contributed by atoms with E-state index in [1.54, 1.807) is 43.5 Å². The van der Waals surface area contributed by atoms with Gasteiger partial charge in [0.15, 0.2) is 6.40 Å². The molecule has 1 aliphatic rings. The number of nitrogens with zero attached hydrogens (tertiary/aromatic N) is 5. The van der Waals surface area contributed by atoms with Crippen LogP contribution in [0.15, 0.2) is 89.4 Å². The first-order valence-corrected chi connectivity index (χ1v) is 11.8. The fourth-order valence-corrected chi connectivity index (χ4v) is 3.74. The highest BCUT2D eigenvalue weighted by Gasteiger charge is 2.16. The Balaban J connectivity index is 0.000000188. The molecule has 0 amide bonds. The number of methoxy groups -OCH3 is 1. The number of hydrogen-bond acceptors (Lipinski definition) is 8. The average molecular weight is 477 g/mol. The molecule has 3 aromatic heterocycles. The van der Waals surface area contributed by atoms with E-state index in [4.69, 9.17) is 9.47 Å². The van der Waals surface area contributed by atoms with Crippen molar-refractivity contribution in [2.24, 2.45) is 12.1 Å². The molecule has 0 spiro atoms. The second-order valence-corrected chi connectivity index (χ2v) is 7.77. The molecule has 176 valence electrons. The molecule has 4 aromatic rings. The van der Waals surface area contributed by atoms with Gasteiger partial charge in [0, 0.05) is 42.8 Å². The Morgan fingerprint density at radius 1 is 1.00 bits per heavy atom. The molecule has 0 saturated carbocycles. The summed E-state index contributed by atoms with van der Waals surface area (Å²) in [6.07, 6.45) is 8.50. The largest absolute Gasteiger partial charge is 0.481 e. The Kier molecular flexibility index (Phi) is 9.48. The van der Waals surface area contributed by atoms with Gasteiger partial charge in [0.2, 0.25) is 12.1 Å². The van der Waals surface area contributed by atoms with Crippen LogP contribution in [0.3, 0.4) is 0 Å². The number of ether oxygens (including phenoxy) is 2. The number of pyridine rings is 2. The summed E-state index contributed by atoms with van der Waals surface area (Å²) in [6, 6.07) is 19.5. The number of aromatic nitrogens is 4. The van der Waals surface area contributed by atoms with E-state index in [-0.39, 0.29) is 6.23 Å². The summed E-state index contributed by atoms with van der Waals surface area (Å²) in [5.41, 5.74) is 6.08. The lowest BCUT2D eigenvalue weighted by Crippen LogP contribution is -2.10. The highest BCUT2D eigenvalue weighted by atomic mass is 32.2. The van der Waals surface area contributed by atoms with Crippen LogP contribution in [-0.2, 0) is 11.8 Å². The molecule has 4 heterocycles.